The van der Waals surface area contributed by atoms with Gasteiger partial charge in [0.15, 0.2) is 12.8 Å². The Bertz CT molecular complexity index is 740. The van der Waals surface area contributed by atoms with E-state index < -0.39 is 0 Å². The van der Waals surface area contributed by atoms with Crippen LogP contribution in [0.2, 0.25) is 0 Å². The van der Waals surface area contributed by atoms with E-state index in [4.69, 9.17) is 0 Å². The maximum atomic E-state index is 4.58. The van der Waals surface area contributed by atoms with Gasteiger partial charge in [-0.25, -0.2) is 15.0 Å². The van der Waals surface area contributed by atoms with Gasteiger partial charge in [0.1, 0.15) is 12.5 Å². The average Bonchev–Trinajstić information content (AvgIpc) is 3.81. The molecule has 0 atom stereocenters. The van der Waals surface area contributed by atoms with Crippen LogP contribution in [0.1, 0.15) is 36.1 Å². The lowest BCUT2D eigenvalue weighted by Gasteiger charge is -1.54. The molecule has 7 heterocycles. The lowest BCUT2D eigenvalue weighted by Crippen LogP contribution is -1.53. The summed E-state index contributed by atoms with van der Waals surface area (Å²) >= 11 is 0. The first-order valence-corrected chi connectivity index (χ1v) is 10.2. The molecule has 0 saturated carbocycles. The smallest absolute Gasteiger partial charge is 0.180 e. The molecule has 0 aliphatic carbocycles. The SMILES string of the molecule is C.C.C.C.C1=CN=CC1.c1c[nH]cn1.c1cc[nH]c1.c1ccoc1.c1cn[nH]c1.c1cocn1.c1cocn1. The van der Waals surface area contributed by atoms with E-state index in [-0.39, 0.29) is 29.7 Å². The summed E-state index contributed by atoms with van der Waals surface area (Å²) in [5, 5.41) is 6.21. The second kappa shape index (κ2) is 37.4. The highest BCUT2D eigenvalue weighted by atomic mass is 16.3. The van der Waals surface area contributed by atoms with Crippen LogP contribution in [0.3, 0.4) is 0 Å². The van der Waals surface area contributed by atoms with E-state index in [9.17, 15) is 0 Å². The topological polar surface area (TPSA) is 151 Å². The summed E-state index contributed by atoms with van der Waals surface area (Å²) in [4.78, 5) is 20.2. The Morgan fingerprint density at radius 3 is 1.38 bits per heavy atom. The molecule has 0 radical (unpaired) electrons. The molecule has 0 saturated heterocycles. The number of rotatable bonds is 0. The number of imidazole rings is 1. The van der Waals surface area contributed by atoms with Crippen LogP contribution in [0.25, 0.3) is 0 Å². The van der Waals surface area contributed by atoms with Crippen LogP contribution in [0.15, 0.2) is 155 Å². The summed E-state index contributed by atoms with van der Waals surface area (Å²) in [5.74, 6) is 0. The van der Waals surface area contributed by atoms with E-state index >= 15 is 0 Å². The van der Waals surface area contributed by atoms with Crippen molar-refractivity contribution < 1.29 is 13.3 Å². The van der Waals surface area contributed by atoms with E-state index in [1.165, 1.54) is 25.3 Å². The van der Waals surface area contributed by atoms with E-state index in [1.54, 1.807) is 62.2 Å². The van der Waals surface area contributed by atoms with Gasteiger partial charge in [-0.2, -0.15) is 5.10 Å². The minimum atomic E-state index is 0. The Hall–Kier alpha value is -5.19. The van der Waals surface area contributed by atoms with Crippen LogP contribution in [0, 0.1) is 0 Å². The predicted octanol–water partition coefficient (Wildman–Crippen LogP) is 7.98. The van der Waals surface area contributed by atoms with Crippen molar-refractivity contribution in [1.29, 1.82) is 0 Å². The molecule has 0 unspecified atom stereocenters. The van der Waals surface area contributed by atoms with Crippen molar-refractivity contribution in [2.45, 2.75) is 36.1 Å². The minimum Gasteiger partial charge on any atom is -0.473 e. The largest absolute Gasteiger partial charge is 0.473 e. The molecule has 0 aromatic carbocycles. The summed E-state index contributed by atoms with van der Waals surface area (Å²) in [6, 6.07) is 9.39. The van der Waals surface area contributed by atoms with Gasteiger partial charge in [0.25, 0.3) is 0 Å². The van der Waals surface area contributed by atoms with Crippen LogP contribution in [-0.4, -0.2) is 41.3 Å². The van der Waals surface area contributed by atoms with Crippen molar-refractivity contribution in [2.24, 2.45) is 4.99 Å². The van der Waals surface area contributed by atoms with Gasteiger partial charge in [-0.15, -0.1) is 0 Å². The van der Waals surface area contributed by atoms with Crippen molar-refractivity contribution in [1.82, 2.24) is 35.1 Å². The molecule has 39 heavy (non-hydrogen) atoms. The Balaban J connectivity index is -0.000000180. The van der Waals surface area contributed by atoms with E-state index in [2.05, 4.69) is 53.4 Å². The first kappa shape index (κ1) is 41.0. The van der Waals surface area contributed by atoms with Gasteiger partial charge in [0.05, 0.1) is 31.2 Å². The Morgan fingerprint density at radius 1 is 0.564 bits per heavy atom. The number of aromatic nitrogens is 7. The Morgan fingerprint density at radius 2 is 1.23 bits per heavy atom. The molecule has 7 rings (SSSR count). The van der Waals surface area contributed by atoms with Gasteiger partial charge in [-0.1, -0.05) is 35.8 Å². The molecule has 0 spiro atoms. The molecule has 214 valence electrons. The highest BCUT2D eigenvalue weighted by Crippen LogP contribution is 1.86. The van der Waals surface area contributed by atoms with Gasteiger partial charge in [0.2, 0.25) is 0 Å². The maximum absolute atomic E-state index is 4.58. The van der Waals surface area contributed by atoms with Gasteiger partial charge in [-0.3, -0.25) is 10.1 Å². The molecule has 0 fully saturated rings. The summed E-state index contributed by atoms with van der Waals surface area (Å²) < 4.78 is 13.5. The number of aliphatic imine (C=N–C) groups is 1. The van der Waals surface area contributed by atoms with Crippen LogP contribution in [-0.2, 0) is 0 Å². The quantitative estimate of drug-likeness (QED) is 0.177. The normalized spacial score (nSPS) is 8.41. The molecule has 11 nitrogen and oxygen atoms in total. The van der Waals surface area contributed by atoms with Gasteiger partial charge >= 0.3 is 0 Å². The van der Waals surface area contributed by atoms with Crippen LogP contribution in [0.4, 0.5) is 0 Å². The second-order valence-corrected chi connectivity index (χ2v) is 5.51. The summed E-state index contributed by atoms with van der Waals surface area (Å²) in [6.07, 6.45) is 31.2. The molecular formula is C28H44N8O3. The average molecular weight is 541 g/mol. The summed E-state index contributed by atoms with van der Waals surface area (Å²) in [7, 11) is 0. The van der Waals surface area contributed by atoms with E-state index in [0.717, 1.165) is 6.42 Å². The first-order valence-electron chi connectivity index (χ1n) is 10.2. The van der Waals surface area contributed by atoms with E-state index in [1.807, 2.05) is 55.0 Å². The highest BCUT2D eigenvalue weighted by molar-refractivity contribution is 5.62. The molecule has 6 aromatic heterocycles. The fourth-order valence-electron chi connectivity index (χ4n) is 1.59. The van der Waals surface area contributed by atoms with Crippen molar-refractivity contribution in [3.05, 3.63) is 136 Å². The van der Waals surface area contributed by atoms with Crippen LogP contribution in [0.5, 0.6) is 0 Å². The number of H-pyrrole nitrogens is 3. The van der Waals surface area contributed by atoms with Crippen molar-refractivity contribution in [2.75, 3.05) is 0 Å². The Labute approximate surface area is 232 Å². The zero-order valence-corrected chi connectivity index (χ0v) is 18.9. The van der Waals surface area contributed by atoms with Gasteiger partial charge < -0.3 is 23.2 Å². The van der Waals surface area contributed by atoms with Gasteiger partial charge in [-0.05, 0) is 30.3 Å². The number of nitrogens with one attached hydrogen (secondary N) is 3. The van der Waals surface area contributed by atoms with Gasteiger partial charge in [0, 0.05) is 56.0 Å². The predicted molar refractivity (Wildman–Crippen MR) is 159 cm³/mol. The minimum absolute atomic E-state index is 0. The number of oxazole rings is 2. The zero-order chi connectivity index (χ0) is 24.7. The number of aromatic amines is 3. The van der Waals surface area contributed by atoms with Crippen molar-refractivity contribution in [3.8, 4) is 0 Å². The standard InChI is InChI=1S/2C4H5N.C4H4O.2C3H4N2.2C3H3NO.4CH4/c3*1-2-4-5-3-1;1-2-5-3-4-1;1-2-4-5-3-1;2*1-2-5-3-4-1;;;;/h1,3-4H,2H2;1-5H;1-4H;2*1-3H,(H,4,5);2*1-3H;4*1H4. The number of hydrogen-bond donors (Lipinski definition) is 3. The molecular weight excluding hydrogens is 496 g/mol. The van der Waals surface area contributed by atoms with Crippen LogP contribution >= 0.6 is 0 Å². The summed E-state index contributed by atoms with van der Waals surface area (Å²) in [5.41, 5.74) is 0. The molecule has 0 bridgehead atoms. The third-order valence-electron chi connectivity index (χ3n) is 2.97. The number of nitrogens with zero attached hydrogens (tertiary/aromatic N) is 5. The first-order chi connectivity index (χ1) is 17.5. The fraction of sp³-hybridized carbons (Fsp3) is 0.179. The lowest BCUT2D eigenvalue weighted by atomic mass is 10.5. The number of furan rings is 1. The number of hydrogen-bond acceptors (Lipinski definition) is 8. The molecule has 0 amide bonds. The molecule has 1 aliphatic rings. The third-order valence-corrected chi connectivity index (χ3v) is 2.97. The molecule has 1 aliphatic heterocycles. The molecule has 11 heteroatoms. The maximum Gasteiger partial charge on any atom is 0.180 e. The third kappa shape index (κ3) is 35.0. The lowest BCUT2D eigenvalue weighted by molar-refractivity contribution is 0.557. The second-order valence-electron chi connectivity index (χ2n) is 5.51. The fourth-order valence-corrected chi connectivity index (χ4v) is 1.59. The van der Waals surface area contributed by atoms with E-state index in [0.29, 0.717) is 0 Å². The highest BCUT2D eigenvalue weighted by Gasteiger charge is 1.73. The Kier molecular flexibility index (Phi) is 39.2. The van der Waals surface area contributed by atoms with Crippen molar-refractivity contribution in [3.63, 3.8) is 0 Å². The molecule has 3 N–H and O–H groups in total. The zero-order valence-electron chi connectivity index (χ0n) is 18.9. The number of allylic oxidation sites excluding steroid dienone is 1. The van der Waals surface area contributed by atoms with Crippen LogP contribution < -0.4 is 0 Å². The monoisotopic (exact) mass is 540 g/mol. The summed E-state index contributed by atoms with van der Waals surface area (Å²) in [6.45, 7) is 0. The van der Waals surface area contributed by atoms with Crippen molar-refractivity contribution >= 4 is 6.21 Å². The molecule has 6 aromatic rings.